The van der Waals surface area contributed by atoms with Gasteiger partial charge in [-0.15, -0.1) is 5.10 Å². The molecule has 0 saturated heterocycles. The fraction of sp³-hybridized carbons (Fsp3) is 0.462. The topological polar surface area (TPSA) is 102 Å². The van der Waals surface area contributed by atoms with Gasteiger partial charge >= 0.3 is 12.1 Å². The minimum atomic E-state index is -5.08. The van der Waals surface area contributed by atoms with Gasteiger partial charge in [-0.25, -0.2) is 9.48 Å². The molecule has 0 amide bonds. The lowest BCUT2D eigenvalue weighted by Gasteiger charge is -2.23. The van der Waals surface area contributed by atoms with Crippen molar-refractivity contribution in [2.75, 3.05) is 6.54 Å². The molecule has 3 rings (SSSR count). The van der Waals surface area contributed by atoms with Crippen molar-refractivity contribution < 1.29 is 32.2 Å². The van der Waals surface area contributed by atoms with Gasteiger partial charge in [0, 0.05) is 18.7 Å². The Morgan fingerprint density at radius 1 is 1.50 bits per heavy atom. The zero-order valence-corrected chi connectivity index (χ0v) is 12.4. The fourth-order valence-electron chi connectivity index (χ4n) is 1.89. The van der Waals surface area contributed by atoms with Gasteiger partial charge in [-0.1, -0.05) is 5.21 Å². The first-order valence-electron chi connectivity index (χ1n) is 6.87. The molecule has 1 aliphatic rings. The summed E-state index contributed by atoms with van der Waals surface area (Å²) in [5.41, 5.74) is 2.18. The van der Waals surface area contributed by atoms with E-state index in [9.17, 15) is 13.2 Å². The van der Waals surface area contributed by atoms with Crippen LogP contribution in [-0.2, 0) is 29.2 Å². The number of aromatic nitrogens is 3. The van der Waals surface area contributed by atoms with Gasteiger partial charge in [0.25, 0.3) is 0 Å². The maximum absolute atomic E-state index is 10.6. The quantitative estimate of drug-likeness (QED) is 0.856. The van der Waals surface area contributed by atoms with Crippen LogP contribution in [0.15, 0.2) is 29.2 Å². The van der Waals surface area contributed by atoms with Gasteiger partial charge in [-0.3, -0.25) is 0 Å². The highest BCUT2D eigenvalue weighted by Crippen LogP contribution is 2.13. The van der Waals surface area contributed by atoms with E-state index in [4.69, 9.17) is 19.1 Å². The highest BCUT2D eigenvalue weighted by molar-refractivity contribution is 5.73. The minimum Gasteiger partial charge on any atom is -0.475 e. The SMILES string of the molecule is O=C(O)C(F)(F)F.c1cc(CNCC2Cn3nncc3CO2)co1. The summed E-state index contributed by atoms with van der Waals surface area (Å²) in [7, 11) is 0. The molecular weight excluding hydrogens is 333 g/mol. The van der Waals surface area contributed by atoms with Gasteiger partial charge in [-0.05, 0) is 6.07 Å². The number of fused-ring (bicyclic) bond motifs is 1. The second-order valence-corrected chi connectivity index (χ2v) is 4.91. The molecule has 1 unspecified atom stereocenters. The van der Waals surface area contributed by atoms with Crippen LogP contribution in [0.5, 0.6) is 0 Å². The lowest BCUT2D eigenvalue weighted by atomic mass is 10.2. The van der Waals surface area contributed by atoms with Crippen molar-refractivity contribution in [1.82, 2.24) is 20.3 Å². The molecule has 0 aliphatic carbocycles. The lowest BCUT2D eigenvalue weighted by molar-refractivity contribution is -0.192. The predicted octanol–water partition coefficient (Wildman–Crippen LogP) is 1.19. The Hall–Kier alpha value is -2.40. The highest BCUT2D eigenvalue weighted by atomic mass is 19.4. The number of carboxylic acid groups (broad SMARTS) is 1. The van der Waals surface area contributed by atoms with Crippen LogP contribution in [0.25, 0.3) is 0 Å². The zero-order valence-electron chi connectivity index (χ0n) is 12.4. The van der Waals surface area contributed by atoms with Crippen LogP contribution in [0.4, 0.5) is 13.2 Å². The number of carbonyl (C=O) groups is 1. The maximum Gasteiger partial charge on any atom is 0.490 e. The number of nitrogens with zero attached hydrogens (tertiary/aromatic N) is 3. The molecule has 1 aliphatic heterocycles. The third-order valence-corrected chi connectivity index (χ3v) is 3.07. The third kappa shape index (κ3) is 5.35. The smallest absolute Gasteiger partial charge is 0.475 e. The van der Waals surface area contributed by atoms with Crippen LogP contribution >= 0.6 is 0 Å². The molecule has 0 aromatic carbocycles. The highest BCUT2D eigenvalue weighted by Gasteiger charge is 2.38. The van der Waals surface area contributed by atoms with Gasteiger partial charge in [0.15, 0.2) is 0 Å². The molecule has 0 radical (unpaired) electrons. The summed E-state index contributed by atoms with van der Waals surface area (Å²) in [5.74, 6) is -2.76. The standard InChI is InChI=1S/C11H14N4O2.C2HF3O2/c1-2-16-7-9(1)3-12-5-11-6-15-10(8-17-11)4-13-14-15;3-2(4,5)1(6)7/h1-2,4,7,11-12H,3,5-6,8H2;(H,6,7). The predicted molar refractivity (Wildman–Crippen MR) is 72.7 cm³/mol. The van der Waals surface area contributed by atoms with Crippen LogP contribution in [0.3, 0.4) is 0 Å². The molecule has 8 nitrogen and oxygen atoms in total. The van der Waals surface area contributed by atoms with Crippen molar-refractivity contribution in [3.05, 3.63) is 36.0 Å². The summed E-state index contributed by atoms with van der Waals surface area (Å²) >= 11 is 0. The average molecular weight is 348 g/mol. The molecule has 3 heterocycles. The summed E-state index contributed by atoms with van der Waals surface area (Å²) in [6, 6.07) is 1.95. The number of nitrogens with one attached hydrogen (secondary N) is 1. The number of ether oxygens (including phenoxy) is 1. The monoisotopic (exact) mass is 348 g/mol. The Labute approximate surface area is 134 Å². The van der Waals surface area contributed by atoms with Crippen LogP contribution in [0, 0.1) is 0 Å². The largest absolute Gasteiger partial charge is 0.490 e. The van der Waals surface area contributed by atoms with Crippen molar-refractivity contribution in [1.29, 1.82) is 0 Å². The molecule has 0 fully saturated rings. The Balaban J connectivity index is 0.000000256. The average Bonchev–Trinajstić information content (AvgIpc) is 3.17. The van der Waals surface area contributed by atoms with Crippen molar-refractivity contribution in [3.63, 3.8) is 0 Å². The maximum atomic E-state index is 10.6. The molecule has 0 bridgehead atoms. The Morgan fingerprint density at radius 3 is 2.88 bits per heavy atom. The molecule has 2 aromatic rings. The zero-order chi connectivity index (χ0) is 17.6. The van der Waals surface area contributed by atoms with E-state index in [0.717, 1.165) is 30.9 Å². The van der Waals surface area contributed by atoms with Crippen molar-refractivity contribution in [2.24, 2.45) is 0 Å². The molecule has 0 saturated carbocycles. The van der Waals surface area contributed by atoms with Gasteiger partial charge in [0.1, 0.15) is 0 Å². The van der Waals surface area contributed by atoms with Crippen molar-refractivity contribution in [2.45, 2.75) is 32.0 Å². The molecular formula is C13H15F3N4O4. The van der Waals surface area contributed by atoms with Gasteiger partial charge in [-0.2, -0.15) is 13.2 Å². The summed E-state index contributed by atoms with van der Waals surface area (Å²) in [5, 5.41) is 18.3. The second-order valence-electron chi connectivity index (χ2n) is 4.91. The van der Waals surface area contributed by atoms with E-state index in [0.29, 0.717) is 6.61 Å². The van der Waals surface area contributed by atoms with E-state index in [-0.39, 0.29) is 6.10 Å². The number of furan rings is 1. The van der Waals surface area contributed by atoms with E-state index in [2.05, 4.69) is 15.6 Å². The molecule has 2 N–H and O–H groups in total. The first-order chi connectivity index (χ1) is 11.4. The first-order valence-corrected chi connectivity index (χ1v) is 6.87. The van der Waals surface area contributed by atoms with Gasteiger partial charge in [0.05, 0.1) is 43.7 Å². The van der Waals surface area contributed by atoms with Crippen LogP contribution in [0.2, 0.25) is 0 Å². The molecule has 0 spiro atoms. The first kappa shape index (κ1) is 17.9. The normalized spacial score (nSPS) is 16.9. The van der Waals surface area contributed by atoms with Gasteiger partial charge in [0.2, 0.25) is 0 Å². The lowest BCUT2D eigenvalue weighted by Crippen LogP contribution is -2.36. The summed E-state index contributed by atoms with van der Waals surface area (Å²) in [6.07, 6.45) is 0.228. The Morgan fingerprint density at radius 2 is 2.25 bits per heavy atom. The summed E-state index contributed by atoms with van der Waals surface area (Å²) < 4.78 is 44.3. The number of hydrogen-bond acceptors (Lipinski definition) is 6. The molecule has 132 valence electrons. The molecule has 2 aromatic heterocycles. The molecule has 11 heteroatoms. The number of halogens is 3. The van der Waals surface area contributed by atoms with Crippen LogP contribution in [0.1, 0.15) is 11.3 Å². The summed E-state index contributed by atoms with van der Waals surface area (Å²) in [6.45, 7) is 2.93. The number of carboxylic acids is 1. The van der Waals surface area contributed by atoms with E-state index >= 15 is 0 Å². The van der Waals surface area contributed by atoms with Crippen molar-refractivity contribution >= 4 is 5.97 Å². The number of aliphatic carboxylic acids is 1. The molecule has 24 heavy (non-hydrogen) atoms. The minimum absolute atomic E-state index is 0.149. The van der Waals surface area contributed by atoms with Crippen molar-refractivity contribution in [3.8, 4) is 0 Å². The summed E-state index contributed by atoms with van der Waals surface area (Å²) in [4.78, 5) is 8.90. The van der Waals surface area contributed by atoms with E-state index in [1.807, 2.05) is 10.7 Å². The van der Waals surface area contributed by atoms with Crippen LogP contribution in [-0.4, -0.2) is 44.9 Å². The number of alkyl halides is 3. The second kappa shape index (κ2) is 7.93. The number of hydrogen-bond donors (Lipinski definition) is 2. The third-order valence-electron chi connectivity index (χ3n) is 3.07. The van der Waals surface area contributed by atoms with E-state index in [1.54, 1.807) is 18.7 Å². The van der Waals surface area contributed by atoms with Crippen LogP contribution < -0.4 is 5.32 Å². The van der Waals surface area contributed by atoms with E-state index in [1.165, 1.54) is 0 Å². The van der Waals surface area contributed by atoms with Gasteiger partial charge < -0.3 is 19.6 Å². The fourth-order valence-corrected chi connectivity index (χ4v) is 1.89. The molecule has 1 atom stereocenters. The van der Waals surface area contributed by atoms with E-state index < -0.39 is 12.1 Å². The Kier molecular flexibility index (Phi) is 5.93. The number of rotatable bonds is 4. The Bertz CT molecular complexity index is 642.